The molecule has 0 amide bonds. The van der Waals surface area contributed by atoms with Crippen LogP contribution in [0.15, 0.2) is 60.7 Å². The lowest BCUT2D eigenvalue weighted by Gasteiger charge is -2.31. The summed E-state index contributed by atoms with van der Waals surface area (Å²) in [5, 5.41) is 3.50. The third-order valence-corrected chi connectivity index (χ3v) is 3.01. The molecule has 88 valence electrons. The van der Waals surface area contributed by atoms with Crippen LogP contribution in [0, 0.1) is 0 Å². The van der Waals surface area contributed by atoms with Crippen LogP contribution >= 0.6 is 0 Å². The summed E-state index contributed by atoms with van der Waals surface area (Å²) in [6, 6.07) is 20.4. The molecule has 2 rings (SSSR count). The molecule has 0 saturated heterocycles. The SMILES string of the molecule is C[C@@](CN)(Nc1ccccc1)c1ccccc1. The van der Waals surface area contributed by atoms with Crippen molar-refractivity contribution in [3.63, 3.8) is 0 Å². The van der Waals surface area contributed by atoms with E-state index in [-0.39, 0.29) is 5.54 Å². The Morgan fingerprint density at radius 1 is 0.941 bits per heavy atom. The largest absolute Gasteiger partial charge is 0.375 e. The van der Waals surface area contributed by atoms with Crippen LogP contribution < -0.4 is 11.1 Å². The van der Waals surface area contributed by atoms with E-state index in [2.05, 4.69) is 36.5 Å². The van der Waals surface area contributed by atoms with E-state index >= 15 is 0 Å². The van der Waals surface area contributed by atoms with Crippen molar-refractivity contribution in [1.29, 1.82) is 0 Å². The van der Waals surface area contributed by atoms with Gasteiger partial charge in [-0.25, -0.2) is 0 Å². The van der Waals surface area contributed by atoms with Gasteiger partial charge >= 0.3 is 0 Å². The topological polar surface area (TPSA) is 38.0 Å². The normalized spacial score (nSPS) is 14.0. The lowest BCUT2D eigenvalue weighted by Crippen LogP contribution is -2.39. The van der Waals surface area contributed by atoms with Gasteiger partial charge in [0.15, 0.2) is 0 Å². The number of nitrogens with two attached hydrogens (primary N) is 1. The van der Waals surface area contributed by atoms with Crippen LogP contribution in [0.2, 0.25) is 0 Å². The molecule has 0 aromatic heterocycles. The van der Waals surface area contributed by atoms with E-state index in [0.717, 1.165) is 5.69 Å². The molecule has 2 heteroatoms. The van der Waals surface area contributed by atoms with Gasteiger partial charge in [-0.2, -0.15) is 0 Å². The zero-order valence-electron chi connectivity index (χ0n) is 10.1. The molecular formula is C15H18N2. The Morgan fingerprint density at radius 2 is 1.47 bits per heavy atom. The molecular weight excluding hydrogens is 208 g/mol. The molecule has 0 radical (unpaired) electrons. The summed E-state index contributed by atoms with van der Waals surface area (Å²) in [7, 11) is 0. The number of nitrogens with one attached hydrogen (secondary N) is 1. The van der Waals surface area contributed by atoms with Gasteiger partial charge in [0.05, 0.1) is 5.54 Å². The fraction of sp³-hybridized carbons (Fsp3) is 0.200. The fourth-order valence-electron chi connectivity index (χ4n) is 1.89. The summed E-state index contributed by atoms with van der Waals surface area (Å²) in [6.45, 7) is 2.67. The van der Waals surface area contributed by atoms with Crippen molar-refractivity contribution in [1.82, 2.24) is 0 Å². The quantitative estimate of drug-likeness (QED) is 0.841. The molecule has 2 aromatic carbocycles. The van der Waals surface area contributed by atoms with E-state index in [1.807, 2.05) is 36.4 Å². The Morgan fingerprint density at radius 3 is 2.00 bits per heavy atom. The van der Waals surface area contributed by atoms with Gasteiger partial charge in [0.25, 0.3) is 0 Å². The molecule has 0 spiro atoms. The Labute approximate surface area is 102 Å². The summed E-state index contributed by atoms with van der Waals surface area (Å²) >= 11 is 0. The molecule has 0 unspecified atom stereocenters. The van der Waals surface area contributed by atoms with Crippen molar-refractivity contribution in [2.24, 2.45) is 5.73 Å². The third-order valence-electron chi connectivity index (χ3n) is 3.01. The maximum Gasteiger partial charge on any atom is 0.0719 e. The molecule has 0 bridgehead atoms. The lowest BCUT2D eigenvalue weighted by molar-refractivity contribution is 0.556. The lowest BCUT2D eigenvalue weighted by atomic mass is 9.92. The highest BCUT2D eigenvalue weighted by atomic mass is 15.0. The first-order valence-corrected chi connectivity index (χ1v) is 5.83. The van der Waals surface area contributed by atoms with Crippen LogP contribution in [0.1, 0.15) is 12.5 Å². The van der Waals surface area contributed by atoms with Crippen LogP contribution in [0.25, 0.3) is 0 Å². The Bertz CT molecular complexity index is 453. The minimum atomic E-state index is -0.234. The summed E-state index contributed by atoms with van der Waals surface area (Å²) in [5.74, 6) is 0. The van der Waals surface area contributed by atoms with Crippen molar-refractivity contribution >= 4 is 5.69 Å². The van der Waals surface area contributed by atoms with E-state index in [0.29, 0.717) is 6.54 Å². The van der Waals surface area contributed by atoms with E-state index in [1.54, 1.807) is 0 Å². The van der Waals surface area contributed by atoms with Crippen LogP contribution in [0.4, 0.5) is 5.69 Å². The first kappa shape index (κ1) is 11.7. The monoisotopic (exact) mass is 226 g/mol. The van der Waals surface area contributed by atoms with Gasteiger partial charge in [-0.05, 0) is 24.6 Å². The predicted octanol–water partition coefficient (Wildman–Crippen LogP) is 2.97. The number of hydrogen-bond donors (Lipinski definition) is 2. The van der Waals surface area contributed by atoms with Crippen molar-refractivity contribution in [2.45, 2.75) is 12.5 Å². The van der Waals surface area contributed by atoms with Gasteiger partial charge in [0, 0.05) is 12.2 Å². The molecule has 0 fully saturated rings. The average Bonchev–Trinajstić information content (AvgIpc) is 2.41. The number of anilines is 1. The molecule has 0 aliphatic rings. The van der Waals surface area contributed by atoms with Crippen molar-refractivity contribution < 1.29 is 0 Å². The molecule has 2 aromatic rings. The van der Waals surface area contributed by atoms with E-state index in [4.69, 9.17) is 5.73 Å². The van der Waals surface area contributed by atoms with Gasteiger partial charge in [0.2, 0.25) is 0 Å². The summed E-state index contributed by atoms with van der Waals surface area (Å²) in [4.78, 5) is 0. The number of para-hydroxylation sites is 1. The van der Waals surface area contributed by atoms with Crippen LogP contribution in [0.3, 0.4) is 0 Å². The molecule has 0 heterocycles. The average molecular weight is 226 g/mol. The van der Waals surface area contributed by atoms with Gasteiger partial charge < -0.3 is 11.1 Å². The molecule has 17 heavy (non-hydrogen) atoms. The zero-order chi connectivity index (χ0) is 12.1. The summed E-state index contributed by atoms with van der Waals surface area (Å²) in [6.07, 6.45) is 0. The van der Waals surface area contributed by atoms with E-state index in [1.165, 1.54) is 5.56 Å². The van der Waals surface area contributed by atoms with Crippen molar-refractivity contribution in [3.8, 4) is 0 Å². The number of benzene rings is 2. The van der Waals surface area contributed by atoms with Gasteiger partial charge in [-0.15, -0.1) is 0 Å². The molecule has 0 saturated carbocycles. The van der Waals surface area contributed by atoms with Gasteiger partial charge in [0.1, 0.15) is 0 Å². The minimum absolute atomic E-state index is 0.234. The highest BCUT2D eigenvalue weighted by molar-refractivity contribution is 5.47. The van der Waals surface area contributed by atoms with Crippen LogP contribution in [-0.4, -0.2) is 6.54 Å². The number of rotatable bonds is 4. The second-order valence-corrected chi connectivity index (χ2v) is 4.39. The second kappa shape index (κ2) is 5.02. The Kier molecular flexibility index (Phi) is 3.45. The minimum Gasteiger partial charge on any atom is -0.375 e. The van der Waals surface area contributed by atoms with Crippen molar-refractivity contribution in [2.75, 3.05) is 11.9 Å². The smallest absolute Gasteiger partial charge is 0.0719 e. The van der Waals surface area contributed by atoms with Gasteiger partial charge in [-0.1, -0.05) is 48.5 Å². The van der Waals surface area contributed by atoms with Crippen LogP contribution in [0.5, 0.6) is 0 Å². The third kappa shape index (κ3) is 2.66. The zero-order valence-corrected chi connectivity index (χ0v) is 10.1. The molecule has 0 aliphatic heterocycles. The van der Waals surface area contributed by atoms with E-state index in [9.17, 15) is 0 Å². The first-order chi connectivity index (χ1) is 8.24. The molecule has 2 nitrogen and oxygen atoms in total. The molecule has 1 atom stereocenters. The van der Waals surface area contributed by atoms with E-state index < -0.39 is 0 Å². The Balaban J connectivity index is 2.27. The van der Waals surface area contributed by atoms with Crippen molar-refractivity contribution in [3.05, 3.63) is 66.2 Å². The standard InChI is InChI=1S/C15H18N2/c1-15(12-16,13-8-4-2-5-9-13)17-14-10-6-3-7-11-14/h2-11,17H,12,16H2,1H3/t15-/m0/s1. The second-order valence-electron chi connectivity index (χ2n) is 4.39. The highest BCUT2D eigenvalue weighted by Gasteiger charge is 2.24. The highest BCUT2D eigenvalue weighted by Crippen LogP contribution is 2.24. The van der Waals surface area contributed by atoms with Gasteiger partial charge in [-0.3, -0.25) is 0 Å². The fourth-order valence-corrected chi connectivity index (χ4v) is 1.89. The number of hydrogen-bond acceptors (Lipinski definition) is 2. The van der Waals surface area contributed by atoms with Crippen LogP contribution in [-0.2, 0) is 5.54 Å². The first-order valence-electron chi connectivity index (χ1n) is 5.83. The molecule has 3 N–H and O–H groups in total. The summed E-state index contributed by atoms with van der Waals surface area (Å²) < 4.78 is 0. The Hall–Kier alpha value is -1.80. The molecule has 0 aliphatic carbocycles. The maximum atomic E-state index is 5.92. The maximum absolute atomic E-state index is 5.92. The summed E-state index contributed by atoms with van der Waals surface area (Å²) in [5.41, 5.74) is 7.98. The predicted molar refractivity (Wildman–Crippen MR) is 72.9 cm³/mol.